The van der Waals surface area contributed by atoms with E-state index < -0.39 is 0 Å². The van der Waals surface area contributed by atoms with Crippen LogP contribution in [-0.2, 0) is 0 Å². The Morgan fingerprint density at radius 1 is 0.750 bits per heavy atom. The van der Waals surface area contributed by atoms with Gasteiger partial charge in [-0.05, 0) is 0 Å². The average Bonchev–Trinajstić information content (AvgIpc) is 2.73. The molecule has 0 N–H and O–H groups in total. The van der Waals surface area contributed by atoms with Crippen LogP contribution in [0, 0.1) is 0 Å². The van der Waals surface area contributed by atoms with Gasteiger partial charge in [-0.25, -0.2) is 0 Å². The summed E-state index contributed by atoms with van der Waals surface area (Å²) in [6.45, 7) is 15.7. The summed E-state index contributed by atoms with van der Waals surface area (Å²) in [5.74, 6) is 0. The summed E-state index contributed by atoms with van der Waals surface area (Å²) in [6.07, 6.45) is 4.36. The Bertz CT molecular complexity index is 492. The van der Waals surface area contributed by atoms with Gasteiger partial charge in [-0.2, -0.15) is 0 Å². The predicted molar refractivity (Wildman–Crippen MR) is 89.2 cm³/mol. The van der Waals surface area contributed by atoms with Gasteiger partial charge >= 0.3 is 123 Å². The van der Waals surface area contributed by atoms with Crippen LogP contribution in [0.5, 0.6) is 0 Å². The maximum atomic E-state index is 2.34. The van der Waals surface area contributed by atoms with E-state index in [9.17, 15) is 0 Å². The zero-order chi connectivity index (χ0) is 15.0. The van der Waals surface area contributed by atoms with Gasteiger partial charge in [0, 0.05) is 0 Å². The van der Waals surface area contributed by atoms with Crippen molar-refractivity contribution in [2.45, 2.75) is 52.6 Å². The van der Waals surface area contributed by atoms with E-state index in [0.717, 1.165) is 0 Å². The van der Waals surface area contributed by atoms with Gasteiger partial charge in [-0.3, -0.25) is 0 Å². The Hall–Kier alpha value is -1.51. The summed E-state index contributed by atoms with van der Waals surface area (Å²) < 4.78 is 0. The van der Waals surface area contributed by atoms with E-state index in [-0.39, 0.29) is 11.1 Å². The van der Waals surface area contributed by atoms with Crippen molar-refractivity contribution in [3.63, 3.8) is 0 Å². The summed E-state index contributed by atoms with van der Waals surface area (Å²) in [5, 5.41) is 0. The van der Waals surface area contributed by atoms with E-state index in [1.165, 1.54) is 11.2 Å². The molecule has 0 saturated heterocycles. The van der Waals surface area contributed by atoms with E-state index in [1.54, 1.807) is 0 Å². The van der Waals surface area contributed by atoms with Crippen molar-refractivity contribution in [3.05, 3.63) is 42.7 Å². The fourth-order valence-electron chi connectivity index (χ4n) is 2.37. The van der Waals surface area contributed by atoms with Gasteiger partial charge in [0.1, 0.15) is 0 Å². The van der Waals surface area contributed by atoms with E-state index in [1.807, 2.05) is 0 Å². The van der Waals surface area contributed by atoms with Crippen molar-refractivity contribution in [1.82, 2.24) is 9.80 Å². The molecule has 0 fully saturated rings. The third-order valence-corrected chi connectivity index (χ3v) is 3.40. The first-order valence-electron chi connectivity index (χ1n) is 7.23. The fraction of sp³-hybridized carbons (Fsp3) is 0.471. The normalized spacial score (nSPS) is 15.8. The third-order valence-electron chi connectivity index (χ3n) is 3.40. The Kier molecular flexibility index (Phi) is 3.81. The van der Waals surface area contributed by atoms with Gasteiger partial charge in [-0.1, -0.05) is 0 Å². The summed E-state index contributed by atoms with van der Waals surface area (Å²) in [5.41, 5.74) is 2.60. The van der Waals surface area contributed by atoms with Crippen molar-refractivity contribution in [2.75, 3.05) is 0 Å². The summed E-state index contributed by atoms with van der Waals surface area (Å²) in [6, 6.07) is 10.5. The summed E-state index contributed by atoms with van der Waals surface area (Å²) >= 11 is 0. The Morgan fingerprint density at radius 3 is 1.60 bits per heavy atom. The number of benzene rings is 1. The molecule has 1 aromatic carbocycles. The molecule has 0 saturated carbocycles. The molecule has 106 valence electrons. The molecule has 2 rings (SSSR count). The fourth-order valence-corrected chi connectivity index (χ4v) is 2.37. The molecular formula is C17H25BN2. The number of nitrogens with zero attached hydrogens (tertiary/aromatic N) is 2. The van der Waals surface area contributed by atoms with Crippen LogP contribution in [0.25, 0.3) is 0 Å². The van der Waals surface area contributed by atoms with Crippen LogP contribution in [0.15, 0.2) is 42.7 Å². The summed E-state index contributed by atoms with van der Waals surface area (Å²) in [4.78, 5) is 4.68. The van der Waals surface area contributed by atoms with Crippen molar-refractivity contribution < 1.29 is 0 Å². The molecule has 1 aliphatic heterocycles. The summed E-state index contributed by atoms with van der Waals surface area (Å²) in [7, 11) is 0. The zero-order valence-electron chi connectivity index (χ0n) is 13.5. The third kappa shape index (κ3) is 3.14. The molecular weight excluding hydrogens is 243 g/mol. The van der Waals surface area contributed by atoms with Crippen molar-refractivity contribution in [3.8, 4) is 0 Å². The Morgan fingerprint density at radius 2 is 1.20 bits per heavy atom. The number of rotatable bonds is 1. The molecule has 0 amide bonds. The molecule has 1 aromatic rings. The Labute approximate surface area is 124 Å². The quantitative estimate of drug-likeness (QED) is 0.723. The van der Waals surface area contributed by atoms with E-state index in [0.29, 0.717) is 0 Å². The molecule has 0 bridgehead atoms. The number of hydrogen-bond acceptors (Lipinski definition) is 2. The second kappa shape index (κ2) is 5.12. The van der Waals surface area contributed by atoms with Gasteiger partial charge in [0.05, 0.1) is 0 Å². The van der Waals surface area contributed by atoms with Gasteiger partial charge in [-0.15, -0.1) is 0 Å². The molecule has 1 aliphatic rings. The van der Waals surface area contributed by atoms with Crippen molar-refractivity contribution >= 4 is 18.1 Å². The first-order valence-corrected chi connectivity index (χ1v) is 7.23. The molecule has 0 radical (unpaired) electrons. The van der Waals surface area contributed by atoms with E-state index >= 15 is 0 Å². The minimum atomic E-state index is 0.0666. The van der Waals surface area contributed by atoms with E-state index in [4.69, 9.17) is 0 Å². The monoisotopic (exact) mass is 268 g/mol. The molecule has 0 atom stereocenters. The van der Waals surface area contributed by atoms with Crippen LogP contribution >= 0.6 is 0 Å². The van der Waals surface area contributed by atoms with Crippen LogP contribution in [0.2, 0.25) is 0 Å². The predicted octanol–water partition coefficient (Wildman–Crippen LogP) is 2.79. The first-order chi connectivity index (χ1) is 9.19. The molecule has 0 aliphatic carbocycles. The molecule has 0 spiro atoms. The second-order valence-electron chi connectivity index (χ2n) is 7.29. The SMILES string of the molecule is CC(C)(C)N1C=CN(C(C)(C)C)C1=Bc1ccccc1. The average molecular weight is 268 g/mol. The van der Waals surface area contributed by atoms with Gasteiger partial charge in [0.15, 0.2) is 0 Å². The number of hydrogen-bond donors (Lipinski definition) is 0. The zero-order valence-corrected chi connectivity index (χ0v) is 13.5. The minimum absolute atomic E-state index is 0.0666. The van der Waals surface area contributed by atoms with Crippen LogP contribution in [0.3, 0.4) is 0 Å². The van der Waals surface area contributed by atoms with Crippen LogP contribution < -0.4 is 5.46 Å². The van der Waals surface area contributed by atoms with Crippen molar-refractivity contribution in [2.24, 2.45) is 0 Å². The molecule has 1 heterocycles. The molecule has 2 nitrogen and oxygen atoms in total. The van der Waals surface area contributed by atoms with E-state index in [2.05, 4.69) is 101 Å². The first kappa shape index (κ1) is 14.9. The van der Waals surface area contributed by atoms with Crippen molar-refractivity contribution in [1.29, 1.82) is 0 Å². The molecule has 3 heteroatoms. The maximum absolute atomic E-state index is 2.34. The Balaban J connectivity index is 2.44. The van der Waals surface area contributed by atoms with Crippen LogP contribution in [-0.4, -0.2) is 33.5 Å². The van der Waals surface area contributed by atoms with Gasteiger partial charge in [0.2, 0.25) is 0 Å². The van der Waals surface area contributed by atoms with Gasteiger partial charge < -0.3 is 0 Å². The standard InChI is InChI=1S/C17H25BN2/c1-16(2,3)19-12-13-20(17(4,5)6)15(19)18-14-10-8-7-9-11-14/h7-13H,1-6H3. The molecule has 20 heavy (non-hydrogen) atoms. The molecule has 0 unspecified atom stereocenters. The second-order valence-corrected chi connectivity index (χ2v) is 7.29. The molecule has 0 aromatic heterocycles. The van der Waals surface area contributed by atoms with Gasteiger partial charge in [0.25, 0.3) is 0 Å². The van der Waals surface area contributed by atoms with Crippen LogP contribution in [0.4, 0.5) is 0 Å². The van der Waals surface area contributed by atoms with Crippen LogP contribution in [0.1, 0.15) is 41.5 Å². The topological polar surface area (TPSA) is 6.48 Å².